The number of hydrogen-bond acceptors (Lipinski definition) is 4. The van der Waals surface area contributed by atoms with Crippen LogP contribution in [0.2, 0.25) is 0 Å². The zero-order valence-corrected chi connectivity index (χ0v) is 16.5. The van der Waals surface area contributed by atoms with Gasteiger partial charge in [-0.25, -0.2) is 0 Å². The lowest BCUT2D eigenvalue weighted by molar-refractivity contribution is 0.103. The number of carbonyl (C=O) groups excluding carboxylic acids is 1. The van der Waals surface area contributed by atoms with Crippen molar-refractivity contribution in [2.45, 2.75) is 32.6 Å². The fourth-order valence-electron chi connectivity index (χ4n) is 3.99. The third-order valence-electron chi connectivity index (χ3n) is 5.41. The minimum Gasteiger partial charge on any atom is -0.494 e. The second kappa shape index (κ2) is 6.99. The standard InChI is InChI=1S/C23H25NO4/c1-4-27-15-7-9-17-19(13-15)24-22-20(17)21(26)16-8-6-14(28-11-5-10-25)12-18(16)23(22,2)3/h6-9,12-13,24-25H,4-5,10-11H2,1-3H3. The Kier molecular flexibility index (Phi) is 4.63. The molecule has 28 heavy (non-hydrogen) atoms. The van der Waals surface area contributed by atoms with E-state index in [0.29, 0.717) is 30.9 Å². The third-order valence-corrected chi connectivity index (χ3v) is 5.41. The van der Waals surface area contributed by atoms with Gasteiger partial charge in [0.15, 0.2) is 5.78 Å². The van der Waals surface area contributed by atoms with E-state index in [1.54, 1.807) is 0 Å². The SMILES string of the molecule is CCOc1ccc2c3c([nH]c2c1)C(C)(C)c1cc(OCCCO)ccc1C3=O. The second-order valence-electron chi connectivity index (χ2n) is 7.60. The highest BCUT2D eigenvalue weighted by Gasteiger charge is 2.39. The van der Waals surface area contributed by atoms with Gasteiger partial charge in [-0.1, -0.05) is 13.8 Å². The van der Waals surface area contributed by atoms with Crippen LogP contribution in [-0.4, -0.2) is 35.7 Å². The molecule has 0 radical (unpaired) electrons. The van der Waals surface area contributed by atoms with Crippen LogP contribution < -0.4 is 9.47 Å². The highest BCUT2D eigenvalue weighted by Crippen LogP contribution is 2.45. The zero-order valence-electron chi connectivity index (χ0n) is 16.5. The van der Waals surface area contributed by atoms with Crippen molar-refractivity contribution >= 4 is 16.7 Å². The van der Waals surface area contributed by atoms with Crippen LogP contribution in [0.4, 0.5) is 0 Å². The van der Waals surface area contributed by atoms with E-state index in [9.17, 15) is 4.79 Å². The molecule has 0 amide bonds. The molecule has 1 heterocycles. The highest BCUT2D eigenvalue weighted by atomic mass is 16.5. The molecule has 5 heteroatoms. The number of aliphatic hydroxyl groups excluding tert-OH is 1. The summed E-state index contributed by atoms with van der Waals surface area (Å²) >= 11 is 0. The van der Waals surface area contributed by atoms with Crippen molar-refractivity contribution in [1.82, 2.24) is 4.98 Å². The molecule has 0 bridgehead atoms. The first-order valence-corrected chi connectivity index (χ1v) is 9.69. The molecule has 2 aromatic carbocycles. The highest BCUT2D eigenvalue weighted by molar-refractivity contribution is 6.20. The summed E-state index contributed by atoms with van der Waals surface area (Å²) in [4.78, 5) is 16.8. The minimum absolute atomic E-state index is 0.0293. The van der Waals surface area contributed by atoms with Gasteiger partial charge in [0.2, 0.25) is 0 Å². The molecule has 0 atom stereocenters. The maximum Gasteiger partial charge on any atom is 0.195 e. The van der Waals surface area contributed by atoms with E-state index < -0.39 is 0 Å². The predicted octanol–water partition coefficient (Wildman–Crippen LogP) is 4.20. The van der Waals surface area contributed by atoms with Crippen LogP contribution in [0.5, 0.6) is 11.5 Å². The summed E-state index contributed by atoms with van der Waals surface area (Å²) in [6.07, 6.45) is 0.577. The number of benzene rings is 2. The first-order valence-electron chi connectivity index (χ1n) is 9.69. The molecule has 0 unspecified atom stereocenters. The largest absolute Gasteiger partial charge is 0.494 e. The molecular formula is C23H25NO4. The van der Waals surface area contributed by atoms with Gasteiger partial charge >= 0.3 is 0 Å². The lowest BCUT2D eigenvalue weighted by Gasteiger charge is -2.32. The van der Waals surface area contributed by atoms with Crippen LogP contribution in [0.3, 0.4) is 0 Å². The molecule has 0 saturated carbocycles. The lowest BCUT2D eigenvalue weighted by Crippen LogP contribution is -2.30. The smallest absolute Gasteiger partial charge is 0.195 e. The number of aromatic amines is 1. The Morgan fingerprint density at radius 1 is 1.07 bits per heavy atom. The number of carbonyl (C=O) groups is 1. The van der Waals surface area contributed by atoms with Gasteiger partial charge in [-0.3, -0.25) is 4.79 Å². The first kappa shape index (κ1) is 18.6. The van der Waals surface area contributed by atoms with Gasteiger partial charge in [-0.05, 0) is 42.8 Å². The van der Waals surface area contributed by atoms with Gasteiger partial charge in [0.05, 0.1) is 24.3 Å². The molecule has 1 aliphatic rings. The van der Waals surface area contributed by atoms with Crippen molar-refractivity contribution in [3.63, 3.8) is 0 Å². The second-order valence-corrected chi connectivity index (χ2v) is 7.60. The quantitative estimate of drug-likeness (QED) is 0.630. The summed E-state index contributed by atoms with van der Waals surface area (Å²) in [6.45, 7) is 7.33. The van der Waals surface area contributed by atoms with E-state index in [1.807, 2.05) is 43.3 Å². The van der Waals surface area contributed by atoms with Crippen molar-refractivity contribution < 1.29 is 19.4 Å². The Balaban J connectivity index is 1.82. The predicted molar refractivity (Wildman–Crippen MR) is 109 cm³/mol. The van der Waals surface area contributed by atoms with Crippen molar-refractivity contribution in [2.24, 2.45) is 0 Å². The molecule has 3 aromatic rings. The van der Waals surface area contributed by atoms with Gasteiger partial charge in [0.25, 0.3) is 0 Å². The van der Waals surface area contributed by atoms with Crippen LogP contribution in [0.25, 0.3) is 10.9 Å². The maximum atomic E-state index is 13.3. The van der Waals surface area contributed by atoms with Crippen LogP contribution in [-0.2, 0) is 5.41 Å². The molecule has 146 valence electrons. The first-order chi connectivity index (χ1) is 13.5. The van der Waals surface area contributed by atoms with E-state index >= 15 is 0 Å². The van der Waals surface area contributed by atoms with Gasteiger partial charge in [-0.2, -0.15) is 0 Å². The summed E-state index contributed by atoms with van der Waals surface area (Å²) in [6, 6.07) is 11.5. The number of ether oxygens (including phenoxy) is 2. The number of fused-ring (bicyclic) bond motifs is 4. The van der Waals surface area contributed by atoms with Crippen molar-refractivity contribution in [3.05, 3.63) is 58.8 Å². The summed E-state index contributed by atoms with van der Waals surface area (Å²) in [5.74, 6) is 1.53. The van der Waals surface area contributed by atoms with E-state index in [0.717, 1.165) is 33.5 Å². The van der Waals surface area contributed by atoms with E-state index in [4.69, 9.17) is 14.6 Å². The van der Waals surface area contributed by atoms with Crippen LogP contribution in [0, 0.1) is 0 Å². The zero-order chi connectivity index (χ0) is 19.9. The molecule has 1 aromatic heterocycles. The number of nitrogens with one attached hydrogen (secondary N) is 1. The van der Waals surface area contributed by atoms with Crippen molar-refractivity contribution in [2.75, 3.05) is 19.8 Å². The number of H-pyrrole nitrogens is 1. The Morgan fingerprint density at radius 3 is 2.57 bits per heavy atom. The molecule has 0 spiro atoms. The molecule has 0 saturated heterocycles. The average Bonchev–Trinajstić information content (AvgIpc) is 3.07. The molecule has 1 aliphatic carbocycles. The lowest BCUT2D eigenvalue weighted by atomic mass is 9.71. The monoisotopic (exact) mass is 379 g/mol. The topological polar surface area (TPSA) is 71.6 Å². The molecule has 0 fully saturated rings. The molecule has 4 rings (SSSR count). The number of aliphatic hydroxyl groups is 1. The number of rotatable bonds is 6. The molecule has 5 nitrogen and oxygen atoms in total. The van der Waals surface area contributed by atoms with Gasteiger partial charge < -0.3 is 19.6 Å². The Labute approximate surface area is 164 Å². The number of aromatic nitrogens is 1. The van der Waals surface area contributed by atoms with E-state index in [1.165, 1.54) is 0 Å². The van der Waals surface area contributed by atoms with E-state index in [-0.39, 0.29) is 17.8 Å². The van der Waals surface area contributed by atoms with Crippen LogP contribution >= 0.6 is 0 Å². The van der Waals surface area contributed by atoms with E-state index in [2.05, 4.69) is 18.8 Å². The Morgan fingerprint density at radius 2 is 1.82 bits per heavy atom. The van der Waals surface area contributed by atoms with Gasteiger partial charge in [0.1, 0.15) is 11.5 Å². The van der Waals surface area contributed by atoms with Gasteiger partial charge in [0, 0.05) is 41.2 Å². The number of ketones is 1. The maximum absolute atomic E-state index is 13.3. The molecular weight excluding hydrogens is 354 g/mol. The summed E-state index contributed by atoms with van der Waals surface area (Å²) in [5, 5.41) is 9.87. The fourth-order valence-corrected chi connectivity index (χ4v) is 3.99. The van der Waals surface area contributed by atoms with Crippen molar-refractivity contribution in [1.29, 1.82) is 0 Å². The fraction of sp³-hybridized carbons (Fsp3) is 0.348. The minimum atomic E-state index is -0.375. The Hall–Kier alpha value is -2.79. The number of hydrogen-bond donors (Lipinski definition) is 2. The van der Waals surface area contributed by atoms with Gasteiger partial charge in [-0.15, -0.1) is 0 Å². The molecule has 0 aliphatic heterocycles. The van der Waals surface area contributed by atoms with Crippen LogP contribution in [0.1, 0.15) is 54.4 Å². The average molecular weight is 379 g/mol. The van der Waals surface area contributed by atoms with Crippen LogP contribution in [0.15, 0.2) is 36.4 Å². The summed E-state index contributed by atoms with van der Waals surface area (Å²) < 4.78 is 11.3. The molecule has 2 N–H and O–H groups in total. The summed E-state index contributed by atoms with van der Waals surface area (Å²) in [7, 11) is 0. The summed E-state index contributed by atoms with van der Waals surface area (Å²) in [5.41, 5.74) is 3.85. The third kappa shape index (κ3) is 2.87. The van der Waals surface area contributed by atoms with Crippen molar-refractivity contribution in [3.8, 4) is 11.5 Å². The Bertz CT molecular complexity index is 1050. The normalized spacial score (nSPS) is 14.6.